The van der Waals surface area contributed by atoms with E-state index >= 15 is 0 Å². The molecule has 20 heavy (non-hydrogen) atoms. The molecular weight excluding hydrogens is 260 g/mol. The Labute approximate surface area is 117 Å². The molecule has 0 saturated carbocycles. The van der Waals surface area contributed by atoms with Gasteiger partial charge in [-0.25, -0.2) is 4.79 Å². The summed E-state index contributed by atoms with van der Waals surface area (Å²) in [6.45, 7) is 3.11. The Kier molecular flexibility index (Phi) is 3.96. The lowest BCUT2D eigenvalue weighted by Gasteiger charge is -2.24. The molecule has 1 fully saturated rings. The summed E-state index contributed by atoms with van der Waals surface area (Å²) in [6, 6.07) is -0.135. The molecule has 0 bridgehead atoms. The van der Waals surface area contributed by atoms with Crippen LogP contribution in [-0.2, 0) is 18.4 Å². The first kappa shape index (κ1) is 14.4. The maximum absolute atomic E-state index is 12.3. The Morgan fingerprint density at radius 1 is 1.50 bits per heavy atom. The third-order valence-corrected chi connectivity index (χ3v) is 3.70. The SMILES string of the molecule is CC1CN(C(=O)N(C)Cc2cnn(C)c2)CC1C(=O)O. The fraction of sp³-hybridized carbons (Fsp3) is 0.615. The van der Waals surface area contributed by atoms with E-state index in [2.05, 4.69) is 5.10 Å². The Bertz CT molecular complexity index is 513. The van der Waals surface area contributed by atoms with Crippen molar-refractivity contribution in [1.82, 2.24) is 19.6 Å². The number of carboxylic acids is 1. The van der Waals surface area contributed by atoms with Crippen molar-refractivity contribution in [1.29, 1.82) is 0 Å². The van der Waals surface area contributed by atoms with Gasteiger partial charge in [0, 0.05) is 38.9 Å². The van der Waals surface area contributed by atoms with E-state index in [9.17, 15) is 9.59 Å². The van der Waals surface area contributed by atoms with E-state index < -0.39 is 11.9 Å². The van der Waals surface area contributed by atoms with Gasteiger partial charge in [-0.2, -0.15) is 5.10 Å². The number of rotatable bonds is 3. The van der Waals surface area contributed by atoms with E-state index in [1.807, 2.05) is 20.2 Å². The number of aromatic nitrogens is 2. The van der Waals surface area contributed by atoms with Crippen molar-refractivity contribution in [3.8, 4) is 0 Å². The van der Waals surface area contributed by atoms with E-state index in [1.165, 1.54) is 0 Å². The zero-order valence-electron chi connectivity index (χ0n) is 12.0. The summed E-state index contributed by atoms with van der Waals surface area (Å²) >= 11 is 0. The molecule has 0 radical (unpaired) electrons. The van der Waals surface area contributed by atoms with E-state index in [1.54, 1.807) is 27.7 Å². The van der Waals surface area contributed by atoms with Gasteiger partial charge in [-0.15, -0.1) is 0 Å². The van der Waals surface area contributed by atoms with E-state index in [4.69, 9.17) is 5.11 Å². The Morgan fingerprint density at radius 3 is 2.70 bits per heavy atom. The number of hydrogen-bond donors (Lipinski definition) is 1. The minimum atomic E-state index is -0.831. The molecule has 0 aromatic carbocycles. The average Bonchev–Trinajstić information content (AvgIpc) is 2.94. The average molecular weight is 280 g/mol. The number of likely N-dealkylation sites (tertiary alicyclic amines) is 1. The Balaban J connectivity index is 1.96. The number of nitrogens with zero attached hydrogens (tertiary/aromatic N) is 4. The van der Waals surface area contributed by atoms with Gasteiger partial charge >= 0.3 is 12.0 Å². The Hall–Kier alpha value is -2.05. The predicted octanol–water partition coefficient (Wildman–Crippen LogP) is 0.624. The second-order valence-corrected chi connectivity index (χ2v) is 5.49. The van der Waals surface area contributed by atoms with Crippen LogP contribution < -0.4 is 0 Å². The molecular formula is C13H20N4O3. The van der Waals surface area contributed by atoms with Gasteiger partial charge in [0.2, 0.25) is 0 Å². The van der Waals surface area contributed by atoms with Crippen molar-refractivity contribution in [3.63, 3.8) is 0 Å². The summed E-state index contributed by atoms with van der Waals surface area (Å²) in [6.07, 6.45) is 3.58. The van der Waals surface area contributed by atoms with E-state index in [-0.39, 0.29) is 18.5 Å². The van der Waals surface area contributed by atoms with Crippen LogP contribution in [0, 0.1) is 11.8 Å². The number of amides is 2. The predicted molar refractivity (Wildman–Crippen MR) is 71.9 cm³/mol. The van der Waals surface area contributed by atoms with Crippen LogP contribution in [0.25, 0.3) is 0 Å². The smallest absolute Gasteiger partial charge is 0.320 e. The van der Waals surface area contributed by atoms with Crippen LogP contribution in [-0.4, -0.2) is 56.8 Å². The number of carbonyl (C=O) groups is 2. The number of carboxylic acid groups (broad SMARTS) is 1. The minimum absolute atomic E-state index is 0.0109. The van der Waals surface area contributed by atoms with E-state index in [0.29, 0.717) is 13.1 Å². The molecule has 110 valence electrons. The number of carbonyl (C=O) groups excluding carboxylic acids is 1. The highest BCUT2D eigenvalue weighted by atomic mass is 16.4. The normalized spacial score (nSPS) is 22.1. The standard InChI is InChI=1S/C13H20N4O3/c1-9-5-17(8-11(9)12(18)19)13(20)15(2)6-10-4-14-16(3)7-10/h4,7,9,11H,5-6,8H2,1-3H3,(H,18,19). The van der Waals surface area contributed by atoms with Crippen molar-refractivity contribution in [3.05, 3.63) is 18.0 Å². The van der Waals surface area contributed by atoms with Crippen LogP contribution in [0.4, 0.5) is 4.79 Å². The minimum Gasteiger partial charge on any atom is -0.481 e. The lowest BCUT2D eigenvalue weighted by molar-refractivity contribution is -0.142. The second-order valence-electron chi connectivity index (χ2n) is 5.49. The quantitative estimate of drug-likeness (QED) is 0.880. The van der Waals surface area contributed by atoms with Crippen LogP contribution in [0.15, 0.2) is 12.4 Å². The third kappa shape index (κ3) is 2.92. The Morgan fingerprint density at radius 2 is 2.20 bits per heavy atom. The highest BCUT2D eigenvalue weighted by molar-refractivity contribution is 5.77. The summed E-state index contributed by atoms with van der Waals surface area (Å²) in [4.78, 5) is 26.6. The third-order valence-electron chi connectivity index (χ3n) is 3.70. The highest BCUT2D eigenvalue weighted by Gasteiger charge is 2.37. The summed E-state index contributed by atoms with van der Waals surface area (Å²) in [7, 11) is 3.54. The molecule has 0 aliphatic carbocycles. The molecule has 1 aromatic rings. The zero-order valence-corrected chi connectivity index (χ0v) is 12.0. The zero-order chi connectivity index (χ0) is 14.9. The number of aryl methyl sites for hydroxylation is 1. The largest absolute Gasteiger partial charge is 0.481 e. The molecule has 1 aliphatic heterocycles. The van der Waals surface area contributed by atoms with Gasteiger partial charge in [-0.05, 0) is 5.92 Å². The summed E-state index contributed by atoms with van der Waals surface area (Å²) in [5, 5.41) is 13.2. The molecule has 2 unspecified atom stereocenters. The molecule has 1 aromatic heterocycles. The molecule has 1 aliphatic rings. The van der Waals surface area contributed by atoms with Gasteiger partial charge in [0.25, 0.3) is 0 Å². The van der Waals surface area contributed by atoms with Crippen molar-refractivity contribution >= 4 is 12.0 Å². The number of urea groups is 1. The fourth-order valence-electron chi connectivity index (χ4n) is 2.58. The summed E-state index contributed by atoms with van der Waals surface area (Å²) < 4.78 is 1.69. The van der Waals surface area contributed by atoms with Gasteiger partial charge in [-0.1, -0.05) is 6.92 Å². The van der Waals surface area contributed by atoms with Gasteiger partial charge in [-0.3, -0.25) is 9.48 Å². The first-order valence-electron chi connectivity index (χ1n) is 6.59. The van der Waals surface area contributed by atoms with Crippen LogP contribution in [0.3, 0.4) is 0 Å². The molecule has 2 heterocycles. The van der Waals surface area contributed by atoms with Crippen molar-refractivity contribution < 1.29 is 14.7 Å². The van der Waals surface area contributed by atoms with Crippen LogP contribution >= 0.6 is 0 Å². The molecule has 2 rings (SSSR count). The number of hydrogen-bond acceptors (Lipinski definition) is 3. The van der Waals surface area contributed by atoms with Crippen molar-refractivity contribution in [2.75, 3.05) is 20.1 Å². The summed E-state index contributed by atoms with van der Waals surface area (Å²) in [5.41, 5.74) is 0.949. The van der Waals surface area contributed by atoms with Crippen molar-refractivity contribution in [2.45, 2.75) is 13.5 Å². The molecule has 2 atom stereocenters. The summed E-state index contributed by atoms with van der Waals surface area (Å²) in [5.74, 6) is -1.31. The van der Waals surface area contributed by atoms with Crippen LogP contribution in [0.2, 0.25) is 0 Å². The molecule has 1 saturated heterocycles. The van der Waals surface area contributed by atoms with Gasteiger partial charge in [0.15, 0.2) is 0 Å². The lowest BCUT2D eigenvalue weighted by atomic mass is 9.99. The van der Waals surface area contributed by atoms with Crippen LogP contribution in [0.1, 0.15) is 12.5 Å². The highest BCUT2D eigenvalue weighted by Crippen LogP contribution is 2.24. The van der Waals surface area contributed by atoms with Crippen molar-refractivity contribution in [2.24, 2.45) is 18.9 Å². The number of aliphatic carboxylic acids is 1. The molecule has 1 N–H and O–H groups in total. The molecule has 7 nitrogen and oxygen atoms in total. The van der Waals surface area contributed by atoms with Gasteiger partial charge < -0.3 is 14.9 Å². The first-order valence-corrected chi connectivity index (χ1v) is 6.59. The van der Waals surface area contributed by atoms with Crippen LogP contribution in [0.5, 0.6) is 0 Å². The van der Waals surface area contributed by atoms with Gasteiger partial charge in [0.05, 0.1) is 18.7 Å². The first-order chi connectivity index (χ1) is 9.38. The maximum atomic E-state index is 12.3. The van der Waals surface area contributed by atoms with Gasteiger partial charge in [0.1, 0.15) is 0 Å². The lowest BCUT2D eigenvalue weighted by Crippen LogP contribution is -2.39. The molecule has 0 spiro atoms. The molecule has 7 heteroatoms. The van der Waals surface area contributed by atoms with E-state index in [0.717, 1.165) is 5.56 Å². The fourth-order valence-corrected chi connectivity index (χ4v) is 2.58. The monoisotopic (exact) mass is 280 g/mol. The topological polar surface area (TPSA) is 78.7 Å². The maximum Gasteiger partial charge on any atom is 0.320 e. The second kappa shape index (κ2) is 5.52. The molecule has 2 amide bonds.